The molecule has 3 heteroatoms. The van der Waals surface area contributed by atoms with Crippen LogP contribution in [0.3, 0.4) is 0 Å². The summed E-state index contributed by atoms with van der Waals surface area (Å²) in [5.41, 5.74) is 1.73. The van der Waals surface area contributed by atoms with Gasteiger partial charge in [-0.1, -0.05) is 11.6 Å². The van der Waals surface area contributed by atoms with Crippen molar-refractivity contribution in [3.63, 3.8) is 0 Å². The summed E-state index contributed by atoms with van der Waals surface area (Å²) in [6.07, 6.45) is -1.63. The number of hydrogen-bond acceptors (Lipinski definition) is 3. The highest BCUT2D eigenvalue weighted by molar-refractivity contribution is 5.40. The van der Waals surface area contributed by atoms with E-state index in [1.807, 2.05) is 25.1 Å². The van der Waals surface area contributed by atoms with Gasteiger partial charge in [-0.15, -0.1) is 0 Å². The molecule has 2 atom stereocenters. The van der Waals surface area contributed by atoms with Gasteiger partial charge >= 0.3 is 0 Å². The summed E-state index contributed by atoms with van der Waals surface area (Å²) >= 11 is 0. The molecule has 0 radical (unpaired) electrons. The number of hydrogen-bond donors (Lipinski definition) is 2. The third kappa shape index (κ3) is 1.41. The second kappa shape index (κ2) is 3.01. The first-order chi connectivity index (χ1) is 6.18. The lowest BCUT2D eigenvalue weighted by molar-refractivity contribution is -0.0256. The average molecular weight is 180 g/mol. The van der Waals surface area contributed by atoms with E-state index in [1.165, 1.54) is 0 Å². The van der Waals surface area contributed by atoms with Crippen molar-refractivity contribution in [3.05, 3.63) is 29.3 Å². The lowest BCUT2D eigenvalue weighted by Crippen LogP contribution is -2.30. The third-order valence-electron chi connectivity index (χ3n) is 2.26. The van der Waals surface area contributed by atoms with Crippen molar-refractivity contribution < 1.29 is 14.9 Å². The van der Waals surface area contributed by atoms with Gasteiger partial charge in [0.2, 0.25) is 0 Å². The molecule has 1 aromatic rings. The molecular weight excluding hydrogens is 168 g/mol. The van der Waals surface area contributed by atoms with Gasteiger partial charge in [0.15, 0.2) is 0 Å². The quantitative estimate of drug-likeness (QED) is 0.620. The number of aryl methyl sites for hydroxylation is 1. The van der Waals surface area contributed by atoms with Crippen molar-refractivity contribution in [1.29, 1.82) is 0 Å². The smallest absolute Gasteiger partial charge is 0.125 e. The SMILES string of the molecule is Cc1ccc2c(c1)C(O)C(O)CO2. The molecule has 0 fully saturated rings. The molecule has 2 N–H and O–H groups in total. The average Bonchev–Trinajstić information content (AvgIpc) is 2.12. The Hall–Kier alpha value is -1.06. The van der Waals surface area contributed by atoms with Crippen LogP contribution in [-0.2, 0) is 0 Å². The second-order valence-electron chi connectivity index (χ2n) is 3.36. The number of benzene rings is 1. The number of rotatable bonds is 0. The zero-order valence-corrected chi connectivity index (χ0v) is 7.40. The summed E-state index contributed by atoms with van der Waals surface area (Å²) in [7, 11) is 0. The lowest BCUT2D eigenvalue weighted by atomic mass is 9.99. The van der Waals surface area contributed by atoms with Crippen molar-refractivity contribution in [2.24, 2.45) is 0 Å². The highest BCUT2D eigenvalue weighted by Crippen LogP contribution is 2.32. The van der Waals surface area contributed by atoms with E-state index in [2.05, 4.69) is 0 Å². The summed E-state index contributed by atoms with van der Waals surface area (Å²) in [6.45, 7) is 2.10. The Morgan fingerprint density at radius 3 is 2.92 bits per heavy atom. The summed E-state index contributed by atoms with van der Waals surface area (Å²) in [6, 6.07) is 5.57. The normalized spacial score (nSPS) is 26.4. The molecule has 1 aliphatic rings. The van der Waals surface area contributed by atoms with Crippen LogP contribution in [-0.4, -0.2) is 22.9 Å². The molecule has 70 valence electrons. The fourth-order valence-electron chi connectivity index (χ4n) is 1.50. The van der Waals surface area contributed by atoms with Crippen LogP contribution >= 0.6 is 0 Å². The fraction of sp³-hybridized carbons (Fsp3) is 0.400. The molecule has 1 heterocycles. The number of aliphatic hydroxyl groups excluding tert-OH is 2. The minimum absolute atomic E-state index is 0.164. The van der Waals surface area contributed by atoms with Crippen molar-refractivity contribution in [3.8, 4) is 5.75 Å². The maximum Gasteiger partial charge on any atom is 0.125 e. The zero-order valence-electron chi connectivity index (χ0n) is 7.40. The highest BCUT2D eigenvalue weighted by Gasteiger charge is 2.27. The Labute approximate surface area is 76.6 Å². The van der Waals surface area contributed by atoms with Gasteiger partial charge in [0.1, 0.15) is 24.6 Å². The van der Waals surface area contributed by atoms with Gasteiger partial charge in [0, 0.05) is 5.56 Å². The molecule has 2 rings (SSSR count). The number of ether oxygens (including phenoxy) is 1. The highest BCUT2D eigenvalue weighted by atomic mass is 16.5. The first-order valence-electron chi connectivity index (χ1n) is 4.28. The van der Waals surface area contributed by atoms with Gasteiger partial charge < -0.3 is 14.9 Å². The number of fused-ring (bicyclic) bond motifs is 1. The van der Waals surface area contributed by atoms with Crippen molar-refractivity contribution in [2.45, 2.75) is 19.1 Å². The van der Waals surface area contributed by atoms with Crippen LogP contribution in [0.2, 0.25) is 0 Å². The van der Waals surface area contributed by atoms with Gasteiger partial charge in [0.25, 0.3) is 0 Å². The molecule has 0 bridgehead atoms. The first kappa shape index (κ1) is 8.53. The van der Waals surface area contributed by atoms with Crippen LogP contribution in [0.25, 0.3) is 0 Å². The van der Waals surface area contributed by atoms with E-state index in [4.69, 9.17) is 4.74 Å². The van der Waals surface area contributed by atoms with E-state index in [1.54, 1.807) is 0 Å². The Kier molecular flexibility index (Phi) is 1.98. The Bertz CT molecular complexity index is 322. The summed E-state index contributed by atoms with van der Waals surface area (Å²) in [4.78, 5) is 0. The molecule has 0 amide bonds. The molecule has 0 saturated heterocycles. The predicted molar refractivity (Wildman–Crippen MR) is 47.6 cm³/mol. The maximum atomic E-state index is 9.62. The van der Waals surface area contributed by atoms with Gasteiger partial charge in [-0.3, -0.25) is 0 Å². The Morgan fingerprint density at radius 1 is 1.38 bits per heavy atom. The standard InChI is InChI=1S/C10H12O3/c1-6-2-3-9-7(4-6)10(12)8(11)5-13-9/h2-4,8,10-12H,5H2,1H3. The van der Waals surface area contributed by atoms with Crippen LogP contribution in [0, 0.1) is 6.92 Å². The summed E-state index contributed by atoms with van der Waals surface area (Å²) in [5.74, 6) is 0.670. The van der Waals surface area contributed by atoms with E-state index in [0.29, 0.717) is 11.3 Å². The zero-order chi connectivity index (χ0) is 9.42. The summed E-state index contributed by atoms with van der Waals surface area (Å²) < 4.78 is 5.25. The van der Waals surface area contributed by atoms with E-state index in [-0.39, 0.29) is 6.61 Å². The van der Waals surface area contributed by atoms with Gasteiger partial charge in [-0.25, -0.2) is 0 Å². The van der Waals surface area contributed by atoms with Crippen molar-refractivity contribution in [1.82, 2.24) is 0 Å². The maximum absolute atomic E-state index is 9.62. The van der Waals surface area contributed by atoms with Gasteiger partial charge in [0.05, 0.1) is 0 Å². The third-order valence-corrected chi connectivity index (χ3v) is 2.26. The molecule has 1 aromatic carbocycles. The second-order valence-corrected chi connectivity index (χ2v) is 3.36. The Morgan fingerprint density at radius 2 is 2.15 bits per heavy atom. The van der Waals surface area contributed by atoms with Crippen LogP contribution in [0.1, 0.15) is 17.2 Å². The van der Waals surface area contributed by atoms with E-state index in [9.17, 15) is 10.2 Å². The molecule has 0 spiro atoms. The molecule has 0 aliphatic carbocycles. The molecule has 1 aliphatic heterocycles. The first-order valence-corrected chi connectivity index (χ1v) is 4.28. The minimum atomic E-state index is -0.816. The van der Waals surface area contributed by atoms with Gasteiger partial charge in [-0.05, 0) is 19.1 Å². The molecule has 0 aromatic heterocycles. The van der Waals surface area contributed by atoms with Crippen LogP contribution in [0.4, 0.5) is 0 Å². The van der Waals surface area contributed by atoms with Crippen molar-refractivity contribution >= 4 is 0 Å². The van der Waals surface area contributed by atoms with Crippen molar-refractivity contribution in [2.75, 3.05) is 6.61 Å². The van der Waals surface area contributed by atoms with Crippen LogP contribution in [0.5, 0.6) is 5.75 Å². The fourth-order valence-corrected chi connectivity index (χ4v) is 1.50. The topological polar surface area (TPSA) is 49.7 Å². The van der Waals surface area contributed by atoms with Crippen LogP contribution < -0.4 is 4.74 Å². The lowest BCUT2D eigenvalue weighted by Gasteiger charge is -2.26. The monoisotopic (exact) mass is 180 g/mol. The molecule has 2 unspecified atom stereocenters. The molecule has 13 heavy (non-hydrogen) atoms. The molecule has 3 nitrogen and oxygen atoms in total. The largest absolute Gasteiger partial charge is 0.490 e. The minimum Gasteiger partial charge on any atom is -0.490 e. The predicted octanol–water partition coefficient (Wildman–Crippen LogP) is 0.782. The molecular formula is C10H12O3. The van der Waals surface area contributed by atoms with E-state index < -0.39 is 12.2 Å². The van der Waals surface area contributed by atoms with Gasteiger partial charge in [-0.2, -0.15) is 0 Å². The van der Waals surface area contributed by atoms with E-state index in [0.717, 1.165) is 5.56 Å². The Balaban J connectivity index is 2.45. The molecule has 0 saturated carbocycles. The number of aliphatic hydroxyl groups is 2. The van der Waals surface area contributed by atoms with Crippen LogP contribution in [0.15, 0.2) is 18.2 Å². The van der Waals surface area contributed by atoms with E-state index >= 15 is 0 Å². The summed E-state index contributed by atoms with van der Waals surface area (Å²) in [5, 5.41) is 19.0.